The van der Waals surface area contributed by atoms with Crippen LogP contribution in [-0.4, -0.2) is 74.5 Å². The van der Waals surface area contributed by atoms with Crippen LogP contribution in [0, 0.1) is 0 Å². The van der Waals surface area contributed by atoms with Crippen LogP contribution >= 0.6 is 0 Å². The van der Waals surface area contributed by atoms with Gasteiger partial charge in [0.05, 0.1) is 23.5 Å². The van der Waals surface area contributed by atoms with Gasteiger partial charge in [-0.2, -0.15) is 9.61 Å². The number of carbonyl (C=O) groups is 1. The SMILES string of the molecule is CNc1cc(NC2=CC=CN(C3CC(F)(F)C3)C2O)nc2c(C(=O)N[C@H]3CC[C@]3(C)OC)cnn12. The molecule has 3 heterocycles. The lowest BCUT2D eigenvalue weighted by atomic mass is 9.76. The third-order valence-electron chi connectivity index (χ3n) is 7.27. The summed E-state index contributed by atoms with van der Waals surface area (Å²) in [5.41, 5.74) is 0.610. The first kappa shape index (κ1) is 23.5. The monoisotopic (exact) mass is 489 g/mol. The topological polar surface area (TPSA) is 116 Å². The minimum Gasteiger partial charge on any atom is -0.376 e. The molecule has 2 saturated carbocycles. The summed E-state index contributed by atoms with van der Waals surface area (Å²) in [5, 5.41) is 24.2. The number of aliphatic hydroxyl groups excluding tert-OH is 1. The van der Waals surface area contributed by atoms with Gasteiger partial charge in [0.2, 0.25) is 0 Å². The molecule has 0 radical (unpaired) electrons. The molecule has 0 aromatic carbocycles. The molecule has 4 N–H and O–H groups in total. The second-order valence-corrected chi connectivity index (χ2v) is 9.48. The van der Waals surface area contributed by atoms with Crippen molar-refractivity contribution in [3.63, 3.8) is 0 Å². The Balaban J connectivity index is 1.38. The fourth-order valence-electron chi connectivity index (χ4n) is 4.76. The van der Waals surface area contributed by atoms with Crippen molar-refractivity contribution in [2.45, 2.75) is 62.4 Å². The molecule has 0 spiro atoms. The van der Waals surface area contributed by atoms with E-state index in [1.54, 1.807) is 38.6 Å². The van der Waals surface area contributed by atoms with Gasteiger partial charge in [-0.3, -0.25) is 4.79 Å². The average molecular weight is 490 g/mol. The van der Waals surface area contributed by atoms with Crippen LogP contribution in [0.15, 0.2) is 36.3 Å². The van der Waals surface area contributed by atoms with Gasteiger partial charge in [-0.05, 0) is 31.9 Å². The van der Waals surface area contributed by atoms with E-state index in [4.69, 9.17) is 4.74 Å². The molecule has 1 aliphatic heterocycles. The normalized spacial score (nSPS) is 27.7. The summed E-state index contributed by atoms with van der Waals surface area (Å²) < 4.78 is 33.8. The molecule has 188 valence electrons. The van der Waals surface area contributed by atoms with E-state index >= 15 is 0 Å². The van der Waals surface area contributed by atoms with Crippen LogP contribution in [0.3, 0.4) is 0 Å². The van der Waals surface area contributed by atoms with Crippen LogP contribution in [0.1, 0.15) is 43.0 Å². The summed E-state index contributed by atoms with van der Waals surface area (Å²) in [6, 6.07) is 1.13. The number of nitrogens with zero attached hydrogens (tertiary/aromatic N) is 4. The highest BCUT2D eigenvalue weighted by molar-refractivity contribution is 6.00. The van der Waals surface area contributed by atoms with Crippen molar-refractivity contribution in [1.82, 2.24) is 24.8 Å². The van der Waals surface area contributed by atoms with Gasteiger partial charge in [0, 0.05) is 45.3 Å². The molecular formula is C23H29F2N7O3. The quantitative estimate of drug-likeness (QED) is 0.468. The minimum absolute atomic E-state index is 0.112. The average Bonchev–Trinajstić information content (AvgIpc) is 3.24. The van der Waals surface area contributed by atoms with E-state index in [1.807, 2.05) is 6.92 Å². The highest BCUT2D eigenvalue weighted by Crippen LogP contribution is 2.42. The Kier molecular flexibility index (Phi) is 5.67. The maximum absolute atomic E-state index is 13.4. The number of methoxy groups -OCH3 is 1. The number of fused-ring (bicyclic) bond motifs is 1. The third kappa shape index (κ3) is 4.10. The predicted octanol–water partition coefficient (Wildman–Crippen LogP) is 2.31. The first-order chi connectivity index (χ1) is 16.6. The first-order valence-electron chi connectivity index (χ1n) is 11.6. The molecule has 0 saturated heterocycles. The summed E-state index contributed by atoms with van der Waals surface area (Å²) in [6.07, 6.45) is 6.37. The van der Waals surface area contributed by atoms with Crippen LogP contribution in [0.5, 0.6) is 0 Å². The number of anilines is 2. The number of aliphatic hydroxyl groups is 1. The molecule has 0 bridgehead atoms. The summed E-state index contributed by atoms with van der Waals surface area (Å²) in [6.45, 7) is 1.96. The van der Waals surface area contributed by atoms with Crippen molar-refractivity contribution in [3.8, 4) is 0 Å². The molecule has 2 aromatic heterocycles. The van der Waals surface area contributed by atoms with Crippen molar-refractivity contribution in [2.24, 2.45) is 0 Å². The van der Waals surface area contributed by atoms with Crippen LogP contribution < -0.4 is 16.0 Å². The Morgan fingerprint density at radius 1 is 1.34 bits per heavy atom. The molecule has 5 rings (SSSR count). The second kappa shape index (κ2) is 8.45. The molecule has 3 aliphatic rings. The summed E-state index contributed by atoms with van der Waals surface area (Å²) in [5.74, 6) is -2.07. The highest BCUT2D eigenvalue weighted by Gasteiger charge is 2.49. The number of hydrogen-bond donors (Lipinski definition) is 4. The second-order valence-electron chi connectivity index (χ2n) is 9.48. The Bertz CT molecular complexity index is 1200. The largest absolute Gasteiger partial charge is 0.376 e. The smallest absolute Gasteiger partial charge is 0.257 e. The molecule has 3 atom stereocenters. The number of rotatable bonds is 7. The number of amides is 1. The number of aromatic nitrogens is 3. The molecule has 1 unspecified atom stereocenters. The number of carbonyl (C=O) groups excluding carboxylic acids is 1. The van der Waals surface area contributed by atoms with E-state index in [2.05, 4.69) is 26.0 Å². The molecule has 2 aliphatic carbocycles. The van der Waals surface area contributed by atoms with Gasteiger partial charge < -0.3 is 30.7 Å². The number of allylic oxidation sites excluding steroid dienone is 2. The zero-order valence-electron chi connectivity index (χ0n) is 19.8. The lowest BCUT2D eigenvalue weighted by molar-refractivity contribution is -0.136. The van der Waals surface area contributed by atoms with E-state index < -0.39 is 23.8 Å². The molecule has 1 amide bonds. The fourth-order valence-corrected chi connectivity index (χ4v) is 4.76. The highest BCUT2D eigenvalue weighted by atomic mass is 19.3. The minimum atomic E-state index is -2.69. The molecular weight excluding hydrogens is 460 g/mol. The van der Waals surface area contributed by atoms with Crippen molar-refractivity contribution in [2.75, 3.05) is 24.8 Å². The number of alkyl halides is 2. The van der Waals surface area contributed by atoms with Crippen molar-refractivity contribution >= 4 is 23.2 Å². The summed E-state index contributed by atoms with van der Waals surface area (Å²) in [4.78, 5) is 19.1. The van der Waals surface area contributed by atoms with Crippen LogP contribution in [0.4, 0.5) is 20.4 Å². The molecule has 10 nitrogen and oxygen atoms in total. The lowest BCUT2D eigenvalue weighted by Gasteiger charge is -2.45. The Hall–Kier alpha value is -3.25. The molecule has 2 aromatic rings. The van der Waals surface area contributed by atoms with Gasteiger partial charge in [0.15, 0.2) is 11.9 Å². The van der Waals surface area contributed by atoms with E-state index in [0.29, 0.717) is 28.5 Å². The van der Waals surface area contributed by atoms with Gasteiger partial charge in [0.25, 0.3) is 11.8 Å². The predicted molar refractivity (Wildman–Crippen MR) is 125 cm³/mol. The maximum atomic E-state index is 13.4. The van der Waals surface area contributed by atoms with Crippen LogP contribution in [-0.2, 0) is 4.74 Å². The van der Waals surface area contributed by atoms with Crippen molar-refractivity contribution in [1.29, 1.82) is 0 Å². The van der Waals surface area contributed by atoms with Crippen molar-refractivity contribution < 1.29 is 23.4 Å². The zero-order valence-corrected chi connectivity index (χ0v) is 19.8. The standard InChI is InChI=1S/C23H29F2N7O3/c1-22(35-3)7-6-16(22)29-20(33)14-12-27-32-18(26-2)9-17(30-19(14)32)28-15-5-4-8-31(21(15)34)13-10-23(24,25)11-13/h4-5,8-9,12-13,16,21,26,34H,6-7,10-11H2,1-3H3,(H,28,30)(H,29,33)/t16-,21?,22-/m0/s1. The van der Waals surface area contributed by atoms with Crippen LogP contribution in [0.2, 0.25) is 0 Å². The number of hydrogen-bond acceptors (Lipinski definition) is 8. The van der Waals surface area contributed by atoms with E-state index in [1.165, 1.54) is 15.6 Å². The van der Waals surface area contributed by atoms with Gasteiger partial charge >= 0.3 is 0 Å². The third-order valence-corrected chi connectivity index (χ3v) is 7.27. The number of halogens is 2. The van der Waals surface area contributed by atoms with Gasteiger partial charge in [-0.25, -0.2) is 13.8 Å². The maximum Gasteiger partial charge on any atom is 0.257 e. The van der Waals surface area contributed by atoms with E-state index in [9.17, 15) is 18.7 Å². The van der Waals surface area contributed by atoms with Gasteiger partial charge in [0.1, 0.15) is 17.2 Å². The Morgan fingerprint density at radius 3 is 2.74 bits per heavy atom. The number of nitrogens with one attached hydrogen (secondary N) is 3. The van der Waals surface area contributed by atoms with E-state index in [-0.39, 0.29) is 24.8 Å². The lowest BCUT2D eigenvalue weighted by Crippen LogP contribution is -2.59. The van der Waals surface area contributed by atoms with Gasteiger partial charge in [-0.15, -0.1) is 0 Å². The molecule has 35 heavy (non-hydrogen) atoms. The zero-order chi connectivity index (χ0) is 25.0. The molecule has 12 heteroatoms. The van der Waals surface area contributed by atoms with E-state index in [0.717, 1.165) is 12.8 Å². The summed E-state index contributed by atoms with van der Waals surface area (Å²) in [7, 11) is 3.35. The fraction of sp³-hybridized carbons (Fsp3) is 0.522. The first-order valence-corrected chi connectivity index (χ1v) is 11.6. The number of ether oxygens (including phenoxy) is 1. The van der Waals surface area contributed by atoms with Crippen molar-refractivity contribution in [3.05, 3.63) is 41.9 Å². The summed E-state index contributed by atoms with van der Waals surface area (Å²) >= 11 is 0. The molecule has 2 fully saturated rings. The van der Waals surface area contributed by atoms with Crippen LogP contribution in [0.25, 0.3) is 5.65 Å². The Labute approximate surface area is 201 Å². The van der Waals surface area contributed by atoms with Gasteiger partial charge in [-0.1, -0.05) is 0 Å². The Morgan fingerprint density at radius 2 is 2.11 bits per heavy atom.